The van der Waals surface area contributed by atoms with Crippen LogP contribution in [0.1, 0.15) is 35.6 Å². The van der Waals surface area contributed by atoms with E-state index in [1.807, 2.05) is 17.9 Å². The van der Waals surface area contributed by atoms with E-state index in [0.717, 1.165) is 38.8 Å². The van der Waals surface area contributed by atoms with Crippen LogP contribution < -0.4 is 0 Å². The lowest BCUT2D eigenvalue weighted by Gasteiger charge is -2.27. The van der Waals surface area contributed by atoms with E-state index in [-0.39, 0.29) is 5.92 Å². The number of amides is 1. The van der Waals surface area contributed by atoms with Gasteiger partial charge in [0, 0.05) is 44.1 Å². The smallest absolute Gasteiger partial charge is 0.226 e. The molecule has 0 bridgehead atoms. The SMILES string of the molecule is Cn1ncc2c1CC(C(=O)N1CCC(c3cccc4ccccc34)C1)CC2. The van der Waals surface area contributed by atoms with Crippen LogP contribution in [0.15, 0.2) is 48.7 Å². The molecule has 4 heteroatoms. The fourth-order valence-electron chi connectivity index (χ4n) is 4.94. The molecule has 0 saturated carbocycles. The van der Waals surface area contributed by atoms with Crippen molar-refractivity contribution in [2.24, 2.45) is 13.0 Å². The molecule has 1 fully saturated rings. The maximum Gasteiger partial charge on any atom is 0.226 e. The Morgan fingerprint density at radius 2 is 1.96 bits per heavy atom. The van der Waals surface area contributed by atoms with Crippen LogP contribution in [0.4, 0.5) is 0 Å². The molecule has 138 valence electrons. The normalized spacial score (nSPS) is 22.2. The Labute approximate surface area is 159 Å². The third-order valence-corrected chi connectivity index (χ3v) is 6.46. The van der Waals surface area contributed by atoms with E-state index in [0.29, 0.717) is 11.8 Å². The molecule has 0 N–H and O–H groups in total. The number of fused-ring (bicyclic) bond motifs is 2. The van der Waals surface area contributed by atoms with Gasteiger partial charge in [0.05, 0.1) is 6.20 Å². The van der Waals surface area contributed by atoms with Crippen LogP contribution in [0.5, 0.6) is 0 Å². The van der Waals surface area contributed by atoms with Gasteiger partial charge in [-0.3, -0.25) is 9.48 Å². The predicted octanol–water partition coefficient (Wildman–Crippen LogP) is 3.69. The number of aryl methyl sites for hydroxylation is 2. The fraction of sp³-hybridized carbons (Fsp3) is 0.391. The monoisotopic (exact) mass is 359 g/mol. The lowest BCUT2D eigenvalue weighted by atomic mass is 9.87. The number of carbonyl (C=O) groups is 1. The lowest BCUT2D eigenvalue weighted by molar-refractivity contribution is -0.134. The van der Waals surface area contributed by atoms with Crippen molar-refractivity contribution in [3.8, 4) is 0 Å². The summed E-state index contributed by atoms with van der Waals surface area (Å²) in [6.45, 7) is 1.73. The summed E-state index contributed by atoms with van der Waals surface area (Å²) in [5, 5.41) is 6.98. The maximum atomic E-state index is 13.2. The van der Waals surface area contributed by atoms with E-state index in [9.17, 15) is 4.79 Å². The Morgan fingerprint density at radius 3 is 2.89 bits per heavy atom. The Balaban J connectivity index is 1.33. The second-order valence-corrected chi connectivity index (χ2v) is 8.02. The summed E-state index contributed by atoms with van der Waals surface area (Å²) in [7, 11) is 1.98. The maximum absolute atomic E-state index is 13.2. The van der Waals surface area contributed by atoms with Gasteiger partial charge in [0.1, 0.15) is 0 Å². The number of aromatic nitrogens is 2. The molecule has 2 aromatic carbocycles. The van der Waals surface area contributed by atoms with E-state index in [1.165, 1.54) is 27.6 Å². The molecule has 1 aliphatic heterocycles. The van der Waals surface area contributed by atoms with Crippen molar-refractivity contribution < 1.29 is 4.79 Å². The van der Waals surface area contributed by atoms with Gasteiger partial charge in [0.25, 0.3) is 0 Å². The van der Waals surface area contributed by atoms with Gasteiger partial charge >= 0.3 is 0 Å². The minimum atomic E-state index is 0.110. The molecule has 2 heterocycles. The zero-order chi connectivity index (χ0) is 18.4. The minimum Gasteiger partial charge on any atom is -0.342 e. The highest BCUT2D eigenvalue weighted by Gasteiger charge is 2.34. The van der Waals surface area contributed by atoms with E-state index in [4.69, 9.17) is 0 Å². The first-order valence-electron chi connectivity index (χ1n) is 9.97. The summed E-state index contributed by atoms with van der Waals surface area (Å²) in [5.41, 5.74) is 3.95. The third-order valence-electron chi connectivity index (χ3n) is 6.46. The highest BCUT2D eigenvalue weighted by molar-refractivity contribution is 5.86. The molecule has 2 aliphatic rings. The van der Waals surface area contributed by atoms with Gasteiger partial charge in [-0.2, -0.15) is 5.10 Å². The average Bonchev–Trinajstić information content (AvgIpc) is 3.34. The van der Waals surface area contributed by atoms with Crippen molar-refractivity contribution in [2.75, 3.05) is 13.1 Å². The van der Waals surface area contributed by atoms with Gasteiger partial charge < -0.3 is 4.90 Å². The van der Waals surface area contributed by atoms with Crippen molar-refractivity contribution in [2.45, 2.75) is 31.6 Å². The molecule has 27 heavy (non-hydrogen) atoms. The molecule has 5 rings (SSSR count). The standard InChI is InChI=1S/C23H25N3O/c1-25-22-13-17(9-10-18(22)14-24-25)23(27)26-12-11-19(15-26)21-8-4-6-16-5-2-3-7-20(16)21/h2-8,14,17,19H,9-13,15H2,1H3. The first-order chi connectivity index (χ1) is 13.2. The van der Waals surface area contributed by atoms with Crippen molar-refractivity contribution >= 4 is 16.7 Å². The van der Waals surface area contributed by atoms with Crippen LogP contribution in [-0.2, 0) is 24.7 Å². The second-order valence-electron chi connectivity index (χ2n) is 8.02. The Morgan fingerprint density at radius 1 is 1.11 bits per heavy atom. The largest absolute Gasteiger partial charge is 0.342 e. The molecule has 1 aliphatic carbocycles. The average molecular weight is 359 g/mol. The van der Waals surface area contributed by atoms with Crippen LogP contribution in [0, 0.1) is 5.92 Å². The van der Waals surface area contributed by atoms with Crippen molar-refractivity contribution in [3.63, 3.8) is 0 Å². The fourth-order valence-corrected chi connectivity index (χ4v) is 4.94. The summed E-state index contributed by atoms with van der Waals surface area (Å²) in [5.74, 6) is 0.889. The molecule has 2 unspecified atom stereocenters. The third kappa shape index (κ3) is 2.84. The zero-order valence-corrected chi connectivity index (χ0v) is 15.8. The van der Waals surface area contributed by atoms with Gasteiger partial charge in [-0.15, -0.1) is 0 Å². The van der Waals surface area contributed by atoms with Crippen LogP contribution in [0.3, 0.4) is 0 Å². The van der Waals surface area contributed by atoms with Gasteiger partial charge in [-0.05, 0) is 41.2 Å². The molecule has 0 spiro atoms. The first-order valence-corrected chi connectivity index (χ1v) is 9.97. The highest BCUT2D eigenvalue weighted by atomic mass is 16.2. The minimum absolute atomic E-state index is 0.110. The van der Waals surface area contributed by atoms with Crippen LogP contribution in [0.25, 0.3) is 10.8 Å². The summed E-state index contributed by atoms with van der Waals surface area (Å²) in [6, 6.07) is 15.1. The van der Waals surface area contributed by atoms with Crippen LogP contribution in [-0.4, -0.2) is 33.7 Å². The van der Waals surface area contributed by atoms with E-state index in [1.54, 1.807) is 0 Å². The molecule has 4 nitrogen and oxygen atoms in total. The molecular weight excluding hydrogens is 334 g/mol. The topological polar surface area (TPSA) is 38.1 Å². The van der Waals surface area contributed by atoms with Gasteiger partial charge in [0.15, 0.2) is 0 Å². The number of carbonyl (C=O) groups excluding carboxylic acids is 1. The second kappa shape index (κ2) is 6.52. The number of benzene rings is 2. The van der Waals surface area contributed by atoms with Gasteiger partial charge in [-0.1, -0.05) is 42.5 Å². The molecule has 1 aromatic heterocycles. The number of hydrogen-bond acceptors (Lipinski definition) is 2. The van der Waals surface area contributed by atoms with Crippen molar-refractivity contribution in [1.29, 1.82) is 0 Å². The Hall–Kier alpha value is -2.62. The predicted molar refractivity (Wildman–Crippen MR) is 107 cm³/mol. The van der Waals surface area contributed by atoms with Crippen molar-refractivity contribution in [1.82, 2.24) is 14.7 Å². The van der Waals surface area contributed by atoms with Gasteiger partial charge in [0.2, 0.25) is 5.91 Å². The molecule has 1 saturated heterocycles. The quantitative estimate of drug-likeness (QED) is 0.700. The van der Waals surface area contributed by atoms with E-state index >= 15 is 0 Å². The summed E-state index contributed by atoms with van der Waals surface area (Å²) in [6.07, 6.45) is 5.78. The summed E-state index contributed by atoms with van der Waals surface area (Å²) < 4.78 is 1.94. The van der Waals surface area contributed by atoms with Crippen LogP contribution in [0.2, 0.25) is 0 Å². The highest BCUT2D eigenvalue weighted by Crippen LogP contribution is 2.34. The molecule has 1 amide bonds. The number of nitrogens with zero attached hydrogens (tertiary/aromatic N) is 3. The molecule has 3 aromatic rings. The number of rotatable bonds is 2. The number of hydrogen-bond donors (Lipinski definition) is 0. The molecular formula is C23H25N3O. The van der Waals surface area contributed by atoms with Crippen LogP contribution >= 0.6 is 0 Å². The van der Waals surface area contributed by atoms with E-state index < -0.39 is 0 Å². The Bertz CT molecular complexity index is 1000. The molecule has 0 radical (unpaired) electrons. The molecule has 2 atom stereocenters. The summed E-state index contributed by atoms with van der Waals surface area (Å²) in [4.78, 5) is 15.3. The number of likely N-dealkylation sites (tertiary alicyclic amines) is 1. The van der Waals surface area contributed by atoms with Gasteiger partial charge in [-0.25, -0.2) is 0 Å². The Kier molecular flexibility index (Phi) is 4.00. The first kappa shape index (κ1) is 16.5. The lowest BCUT2D eigenvalue weighted by Crippen LogP contribution is -2.37. The van der Waals surface area contributed by atoms with Crippen molar-refractivity contribution in [3.05, 3.63) is 65.5 Å². The summed E-state index contributed by atoms with van der Waals surface area (Å²) >= 11 is 0. The zero-order valence-electron chi connectivity index (χ0n) is 15.8. The van der Waals surface area contributed by atoms with E-state index in [2.05, 4.69) is 52.5 Å².